The first-order valence-electron chi connectivity index (χ1n) is 6.59. The van der Waals surface area contributed by atoms with Crippen LogP contribution in [0.25, 0.3) is 10.2 Å². The minimum Gasteiger partial charge on any atom is -0.340 e. The van der Waals surface area contributed by atoms with Gasteiger partial charge in [0.15, 0.2) is 0 Å². The number of thiophene rings is 1. The van der Waals surface area contributed by atoms with Crippen molar-refractivity contribution in [1.82, 2.24) is 9.97 Å². The first kappa shape index (κ1) is 12.1. The third-order valence-electron chi connectivity index (χ3n) is 3.66. The lowest BCUT2D eigenvalue weighted by atomic mass is 10.1. The van der Waals surface area contributed by atoms with Crippen LogP contribution in [-0.4, -0.2) is 9.97 Å². The second-order valence-electron chi connectivity index (χ2n) is 4.94. The number of hydrogen-bond acceptors (Lipinski definition) is 4. The fraction of sp³-hybridized carbons (Fsp3) is 0.200. The standard InChI is InChI=1S/C15H12ClN3S/c16-15-18-13(12-6-7-20-14(12)19-15)17-11-5-4-9-2-1-3-10(9)8-11/h4-8H,1-3H2,(H,17,18,19). The van der Waals surface area contributed by atoms with E-state index in [9.17, 15) is 0 Å². The van der Waals surface area contributed by atoms with E-state index in [0.29, 0.717) is 0 Å². The molecule has 5 heteroatoms. The monoisotopic (exact) mass is 301 g/mol. The minimum absolute atomic E-state index is 0.281. The molecule has 2 heterocycles. The summed E-state index contributed by atoms with van der Waals surface area (Å²) in [6, 6.07) is 8.55. The number of fused-ring (bicyclic) bond motifs is 2. The van der Waals surface area contributed by atoms with Crippen LogP contribution in [0.5, 0.6) is 0 Å². The molecule has 1 aliphatic rings. The lowest BCUT2D eigenvalue weighted by Crippen LogP contribution is -1.97. The number of nitrogens with one attached hydrogen (secondary N) is 1. The summed E-state index contributed by atoms with van der Waals surface area (Å²) in [5.74, 6) is 0.777. The van der Waals surface area contributed by atoms with E-state index in [1.165, 1.54) is 30.4 Å². The number of benzene rings is 1. The van der Waals surface area contributed by atoms with Gasteiger partial charge >= 0.3 is 0 Å². The Morgan fingerprint density at radius 2 is 2.00 bits per heavy atom. The molecule has 0 atom stereocenters. The molecule has 0 saturated heterocycles. The van der Waals surface area contributed by atoms with Crippen LogP contribution in [0, 0.1) is 0 Å². The van der Waals surface area contributed by atoms with Gasteiger partial charge in [-0.1, -0.05) is 6.07 Å². The van der Waals surface area contributed by atoms with Gasteiger partial charge in [0.25, 0.3) is 0 Å². The van der Waals surface area contributed by atoms with Crippen molar-refractivity contribution in [3.63, 3.8) is 0 Å². The number of aromatic nitrogens is 2. The van der Waals surface area contributed by atoms with Gasteiger partial charge in [-0.25, -0.2) is 4.98 Å². The quantitative estimate of drug-likeness (QED) is 0.704. The minimum atomic E-state index is 0.281. The summed E-state index contributed by atoms with van der Waals surface area (Å²) in [5.41, 5.74) is 3.97. The third kappa shape index (κ3) is 2.05. The van der Waals surface area contributed by atoms with Crippen molar-refractivity contribution in [2.45, 2.75) is 19.3 Å². The lowest BCUT2D eigenvalue weighted by Gasteiger charge is -2.09. The van der Waals surface area contributed by atoms with Gasteiger partial charge in [0.2, 0.25) is 5.28 Å². The van der Waals surface area contributed by atoms with Gasteiger partial charge in [0.05, 0.1) is 5.39 Å². The van der Waals surface area contributed by atoms with E-state index in [4.69, 9.17) is 11.6 Å². The molecule has 0 bridgehead atoms. The predicted molar refractivity (Wildman–Crippen MR) is 84.2 cm³/mol. The average Bonchev–Trinajstić information content (AvgIpc) is 3.05. The van der Waals surface area contributed by atoms with Gasteiger partial charge in [0.1, 0.15) is 10.6 Å². The van der Waals surface area contributed by atoms with Crippen molar-refractivity contribution in [2.75, 3.05) is 5.32 Å². The molecule has 0 unspecified atom stereocenters. The van der Waals surface area contributed by atoms with Crippen LogP contribution in [-0.2, 0) is 12.8 Å². The largest absolute Gasteiger partial charge is 0.340 e. The zero-order valence-electron chi connectivity index (χ0n) is 10.7. The van der Waals surface area contributed by atoms with Crippen LogP contribution in [0.2, 0.25) is 5.28 Å². The predicted octanol–water partition coefficient (Wildman–Crippen LogP) is 4.58. The molecule has 0 fully saturated rings. The third-order valence-corrected chi connectivity index (χ3v) is 4.63. The molecule has 0 aliphatic heterocycles. The SMILES string of the molecule is Clc1nc(Nc2ccc3c(c2)CCC3)c2ccsc2n1. The van der Waals surface area contributed by atoms with Crippen molar-refractivity contribution >= 4 is 44.7 Å². The van der Waals surface area contributed by atoms with Crippen LogP contribution in [0.1, 0.15) is 17.5 Å². The van der Waals surface area contributed by atoms with E-state index < -0.39 is 0 Å². The fourth-order valence-electron chi connectivity index (χ4n) is 2.71. The lowest BCUT2D eigenvalue weighted by molar-refractivity contribution is 0.912. The highest BCUT2D eigenvalue weighted by molar-refractivity contribution is 7.16. The maximum atomic E-state index is 5.99. The maximum absolute atomic E-state index is 5.99. The fourth-order valence-corrected chi connectivity index (χ4v) is 3.69. The molecule has 1 N–H and O–H groups in total. The topological polar surface area (TPSA) is 37.8 Å². The Hall–Kier alpha value is -1.65. The Kier molecular flexibility index (Phi) is 2.86. The highest BCUT2D eigenvalue weighted by atomic mass is 35.5. The van der Waals surface area contributed by atoms with Crippen LogP contribution in [0.15, 0.2) is 29.6 Å². The number of nitrogens with zero attached hydrogens (tertiary/aromatic N) is 2. The highest BCUT2D eigenvalue weighted by Gasteiger charge is 2.12. The van der Waals surface area contributed by atoms with Crippen molar-refractivity contribution in [2.24, 2.45) is 0 Å². The Labute approximate surface area is 125 Å². The Morgan fingerprint density at radius 1 is 1.10 bits per heavy atom. The smallest absolute Gasteiger partial charge is 0.225 e. The Morgan fingerprint density at radius 3 is 2.95 bits per heavy atom. The summed E-state index contributed by atoms with van der Waals surface area (Å²) in [6.45, 7) is 0. The summed E-state index contributed by atoms with van der Waals surface area (Å²) in [5, 5.41) is 6.67. The number of aryl methyl sites for hydroxylation is 2. The maximum Gasteiger partial charge on any atom is 0.225 e. The molecule has 1 aromatic carbocycles. The molecule has 3 aromatic rings. The molecule has 0 amide bonds. The van der Waals surface area contributed by atoms with Crippen molar-refractivity contribution in [1.29, 1.82) is 0 Å². The second-order valence-corrected chi connectivity index (χ2v) is 6.18. The van der Waals surface area contributed by atoms with Gasteiger partial charge in [-0.2, -0.15) is 4.98 Å². The summed E-state index contributed by atoms with van der Waals surface area (Å²) in [7, 11) is 0. The second kappa shape index (κ2) is 4.72. The van der Waals surface area contributed by atoms with Crippen LogP contribution < -0.4 is 5.32 Å². The molecule has 2 aromatic heterocycles. The van der Waals surface area contributed by atoms with Crippen LogP contribution in [0.3, 0.4) is 0 Å². The molecule has 0 spiro atoms. The molecule has 20 heavy (non-hydrogen) atoms. The highest BCUT2D eigenvalue weighted by Crippen LogP contribution is 2.30. The number of hydrogen-bond donors (Lipinski definition) is 1. The van der Waals surface area contributed by atoms with Gasteiger partial charge in [-0.3, -0.25) is 0 Å². The first-order valence-corrected chi connectivity index (χ1v) is 7.85. The van der Waals surface area contributed by atoms with Crippen molar-refractivity contribution in [3.8, 4) is 0 Å². The zero-order chi connectivity index (χ0) is 13.5. The van der Waals surface area contributed by atoms with E-state index in [0.717, 1.165) is 21.7 Å². The summed E-state index contributed by atoms with van der Waals surface area (Å²) in [6.07, 6.45) is 3.62. The van der Waals surface area contributed by atoms with E-state index in [2.05, 4.69) is 33.5 Å². The summed E-state index contributed by atoms with van der Waals surface area (Å²) in [4.78, 5) is 9.45. The summed E-state index contributed by atoms with van der Waals surface area (Å²) < 4.78 is 0. The molecule has 1 aliphatic carbocycles. The van der Waals surface area contributed by atoms with Gasteiger partial charge in [-0.15, -0.1) is 11.3 Å². The number of rotatable bonds is 2. The van der Waals surface area contributed by atoms with Gasteiger partial charge in [-0.05, 0) is 65.6 Å². The normalized spacial score (nSPS) is 13.7. The molecule has 0 saturated carbocycles. The first-order chi connectivity index (χ1) is 9.79. The van der Waals surface area contributed by atoms with Crippen LogP contribution >= 0.6 is 22.9 Å². The van der Waals surface area contributed by atoms with Gasteiger partial charge in [0, 0.05) is 5.69 Å². The van der Waals surface area contributed by atoms with Crippen molar-refractivity contribution < 1.29 is 0 Å². The summed E-state index contributed by atoms with van der Waals surface area (Å²) >= 11 is 7.56. The van der Waals surface area contributed by atoms with Gasteiger partial charge < -0.3 is 5.32 Å². The molecular weight excluding hydrogens is 290 g/mol. The van der Waals surface area contributed by atoms with Crippen LogP contribution in [0.4, 0.5) is 11.5 Å². The Balaban J connectivity index is 1.75. The van der Waals surface area contributed by atoms with Crippen molar-refractivity contribution in [3.05, 3.63) is 46.1 Å². The van der Waals surface area contributed by atoms with E-state index in [1.54, 1.807) is 11.3 Å². The number of halogens is 1. The van der Waals surface area contributed by atoms with E-state index in [-0.39, 0.29) is 5.28 Å². The molecular formula is C15H12ClN3S. The average molecular weight is 302 g/mol. The molecule has 3 nitrogen and oxygen atoms in total. The molecule has 0 radical (unpaired) electrons. The van der Waals surface area contributed by atoms with E-state index >= 15 is 0 Å². The number of anilines is 2. The Bertz CT molecular complexity index is 797. The molecule has 4 rings (SSSR count). The molecule has 100 valence electrons. The van der Waals surface area contributed by atoms with E-state index in [1.807, 2.05) is 11.4 Å². The zero-order valence-corrected chi connectivity index (χ0v) is 12.3.